The Kier molecular flexibility index (Phi) is 3.57. The van der Waals surface area contributed by atoms with Gasteiger partial charge in [-0.3, -0.25) is 0 Å². The van der Waals surface area contributed by atoms with E-state index in [0.717, 1.165) is 6.07 Å². The molecular formula is C10H11F3O2. The molecule has 1 atom stereocenters. The van der Waals surface area contributed by atoms with Crippen molar-refractivity contribution in [2.45, 2.75) is 19.5 Å². The summed E-state index contributed by atoms with van der Waals surface area (Å²) in [7, 11) is 1.23. The molecule has 0 bridgehead atoms. The van der Waals surface area contributed by atoms with Crippen molar-refractivity contribution >= 4 is 0 Å². The quantitative estimate of drug-likeness (QED) is 0.847. The molecule has 5 heteroatoms. The van der Waals surface area contributed by atoms with E-state index in [1.54, 1.807) is 6.92 Å². The SMILES string of the molecule is COc1cc(C)cc(F)c1C(O)C(F)F. The second kappa shape index (κ2) is 4.53. The highest BCUT2D eigenvalue weighted by Crippen LogP contribution is 2.32. The third-order valence-corrected chi connectivity index (χ3v) is 1.99. The topological polar surface area (TPSA) is 29.5 Å². The summed E-state index contributed by atoms with van der Waals surface area (Å²) in [6.45, 7) is 1.60. The molecule has 0 saturated heterocycles. The van der Waals surface area contributed by atoms with Gasteiger partial charge in [-0.15, -0.1) is 0 Å². The maximum atomic E-state index is 13.3. The lowest BCUT2D eigenvalue weighted by atomic mass is 10.1. The molecule has 0 aromatic heterocycles. The number of aliphatic hydroxyl groups is 1. The van der Waals surface area contributed by atoms with E-state index in [9.17, 15) is 13.2 Å². The van der Waals surface area contributed by atoms with Crippen LogP contribution >= 0.6 is 0 Å². The maximum absolute atomic E-state index is 13.3. The molecule has 1 aromatic rings. The second-order valence-electron chi connectivity index (χ2n) is 3.14. The Labute approximate surface area is 85.3 Å². The van der Waals surface area contributed by atoms with Crippen molar-refractivity contribution in [3.8, 4) is 5.75 Å². The Morgan fingerprint density at radius 2 is 1.93 bits per heavy atom. The van der Waals surface area contributed by atoms with Crippen LogP contribution in [0.3, 0.4) is 0 Å². The smallest absolute Gasteiger partial charge is 0.268 e. The Hall–Kier alpha value is -1.23. The van der Waals surface area contributed by atoms with Gasteiger partial charge in [-0.05, 0) is 24.6 Å². The number of benzene rings is 1. The summed E-state index contributed by atoms with van der Waals surface area (Å²) in [4.78, 5) is 0. The fourth-order valence-corrected chi connectivity index (χ4v) is 1.30. The number of rotatable bonds is 3. The lowest BCUT2D eigenvalue weighted by Gasteiger charge is -2.15. The number of aliphatic hydroxyl groups excluding tert-OH is 1. The van der Waals surface area contributed by atoms with E-state index in [1.807, 2.05) is 0 Å². The highest BCUT2D eigenvalue weighted by Gasteiger charge is 2.26. The summed E-state index contributed by atoms with van der Waals surface area (Å²) in [5.41, 5.74) is 0.0349. The van der Waals surface area contributed by atoms with E-state index in [4.69, 9.17) is 9.84 Å². The van der Waals surface area contributed by atoms with Gasteiger partial charge in [0.25, 0.3) is 6.43 Å². The highest BCUT2D eigenvalue weighted by atomic mass is 19.3. The number of ether oxygens (including phenoxy) is 1. The largest absolute Gasteiger partial charge is 0.496 e. The van der Waals surface area contributed by atoms with E-state index < -0.39 is 23.9 Å². The van der Waals surface area contributed by atoms with Gasteiger partial charge in [0.05, 0.1) is 12.7 Å². The minimum atomic E-state index is -3.05. The van der Waals surface area contributed by atoms with Crippen LogP contribution in [0.2, 0.25) is 0 Å². The molecule has 2 nitrogen and oxygen atoms in total. The third-order valence-electron chi connectivity index (χ3n) is 1.99. The summed E-state index contributed by atoms with van der Waals surface area (Å²) in [6.07, 6.45) is -5.21. The Bertz CT molecular complexity index is 353. The summed E-state index contributed by atoms with van der Waals surface area (Å²) in [5, 5.41) is 9.11. The molecular weight excluding hydrogens is 209 g/mol. The van der Waals surface area contributed by atoms with Crippen LogP contribution in [0.1, 0.15) is 17.2 Å². The molecule has 0 fully saturated rings. The van der Waals surface area contributed by atoms with Gasteiger partial charge in [0, 0.05) is 0 Å². The van der Waals surface area contributed by atoms with Gasteiger partial charge in [0.15, 0.2) is 0 Å². The molecule has 0 spiro atoms. The zero-order valence-electron chi connectivity index (χ0n) is 8.30. The standard InChI is InChI=1S/C10H11F3O2/c1-5-3-6(11)8(7(4-5)15-2)9(14)10(12)13/h3-4,9-10,14H,1-2H3. The average Bonchev–Trinajstić information content (AvgIpc) is 2.15. The first-order valence-corrected chi connectivity index (χ1v) is 4.27. The van der Waals surface area contributed by atoms with Crippen molar-refractivity contribution in [1.29, 1.82) is 0 Å². The van der Waals surface area contributed by atoms with Gasteiger partial charge in [0.1, 0.15) is 17.7 Å². The van der Waals surface area contributed by atoms with Crippen LogP contribution in [0.25, 0.3) is 0 Å². The summed E-state index contributed by atoms with van der Waals surface area (Å²) in [6, 6.07) is 2.47. The average molecular weight is 220 g/mol. The second-order valence-corrected chi connectivity index (χ2v) is 3.14. The highest BCUT2D eigenvalue weighted by molar-refractivity contribution is 5.40. The van der Waals surface area contributed by atoms with Crippen LogP contribution in [0.15, 0.2) is 12.1 Å². The van der Waals surface area contributed by atoms with Gasteiger partial charge < -0.3 is 9.84 Å². The molecule has 0 radical (unpaired) electrons. The first-order chi connectivity index (χ1) is 6.97. The summed E-state index contributed by atoms with van der Waals surface area (Å²) in [5.74, 6) is -0.958. The zero-order valence-corrected chi connectivity index (χ0v) is 8.30. The van der Waals surface area contributed by atoms with Crippen LogP contribution in [0, 0.1) is 12.7 Å². The monoisotopic (exact) mass is 220 g/mol. The molecule has 0 heterocycles. The lowest BCUT2D eigenvalue weighted by molar-refractivity contribution is -0.00900. The molecule has 1 aromatic carbocycles. The summed E-state index contributed by atoms with van der Waals surface area (Å²) < 4.78 is 42.6. The number of aryl methyl sites for hydroxylation is 1. The fraction of sp³-hybridized carbons (Fsp3) is 0.400. The molecule has 1 N–H and O–H groups in total. The van der Waals surface area contributed by atoms with Crippen LogP contribution in [0.5, 0.6) is 5.75 Å². The first-order valence-electron chi connectivity index (χ1n) is 4.27. The zero-order chi connectivity index (χ0) is 11.6. The predicted octanol–water partition coefficient (Wildman–Crippen LogP) is 2.44. The minimum Gasteiger partial charge on any atom is -0.496 e. The van der Waals surface area contributed by atoms with Crippen LogP contribution in [-0.4, -0.2) is 18.6 Å². The molecule has 0 amide bonds. The molecule has 0 aliphatic heterocycles. The Balaban J connectivity index is 3.26. The van der Waals surface area contributed by atoms with Gasteiger partial charge in [-0.2, -0.15) is 0 Å². The Morgan fingerprint density at radius 1 is 1.33 bits per heavy atom. The van der Waals surface area contributed by atoms with Crippen molar-refractivity contribution in [1.82, 2.24) is 0 Å². The summed E-state index contributed by atoms with van der Waals surface area (Å²) >= 11 is 0. The normalized spacial score (nSPS) is 13.0. The minimum absolute atomic E-state index is 0.0692. The molecule has 0 aliphatic carbocycles. The number of hydrogen-bond acceptors (Lipinski definition) is 2. The molecule has 0 aliphatic rings. The predicted molar refractivity (Wildman–Crippen MR) is 48.7 cm³/mol. The van der Waals surface area contributed by atoms with Crippen molar-refractivity contribution in [3.63, 3.8) is 0 Å². The number of hydrogen-bond donors (Lipinski definition) is 1. The Morgan fingerprint density at radius 3 is 2.40 bits per heavy atom. The van der Waals surface area contributed by atoms with E-state index in [0.29, 0.717) is 5.56 Å². The maximum Gasteiger partial charge on any atom is 0.268 e. The van der Waals surface area contributed by atoms with Crippen molar-refractivity contribution < 1.29 is 23.0 Å². The van der Waals surface area contributed by atoms with Gasteiger partial charge >= 0.3 is 0 Å². The number of alkyl halides is 2. The first kappa shape index (κ1) is 11.8. The van der Waals surface area contributed by atoms with E-state index in [-0.39, 0.29) is 5.75 Å². The molecule has 84 valence electrons. The fourth-order valence-electron chi connectivity index (χ4n) is 1.30. The van der Waals surface area contributed by atoms with Crippen molar-refractivity contribution in [2.24, 2.45) is 0 Å². The van der Waals surface area contributed by atoms with Gasteiger partial charge in [0.2, 0.25) is 0 Å². The molecule has 1 rings (SSSR count). The van der Waals surface area contributed by atoms with Crippen LogP contribution in [-0.2, 0) is 0 Å². The number of methoxy groups -OCH3 is 1. The lowest BCUT2D eigenvalue weighted by Crippen LogP contribution is -2.12. The molecule has 1 unspecified atom stereocenters. The van der Waals surface area contributed by atoms with E-state index in [2.05, 4.69) is 0 Å². The van der Waals surface area contributed by atoms with Crippen molar-refractivity contribution in [2.75, 3.05) is 7.11 Å². The molecule has 0 saturated carbocycles. The molecule has 15 heavy (non-hydrogen) atoms. The number of halogens is 3. The third kappa shape index (κ3) is 2.41. The van der Waals surface area contributed by atoms with E-state index in [1.165, 1.54) is 13.2 Å². The van der Waals surface area contributed by atoms with E-state index >= 15 is 0 Å². The van der Waals surface area contributed by atoms with Crippen LogP contribution in [0.4, 0.5) is 13.2 Å². The van der Waals surface area contributed by atoms with Crippen molar-refractivity contribution in [3.05, 3.63) is 29.1 Å². The van der Waals surface area contributed by atoms with Gasteiger partial charge in [-0.25, -0.2) is 13.2 Å². The van der Waals surface area contributed by atoms with Gasteiger partial charge in [-0.1, -0.05) is 0 Å². The van der Waals surface area contributed by atoms with Crippen LogP contribution < -0.4 is 4.74 Å².